The first-order chi connectivity index (χ1) is 12.3. The molecule has 1 aromatic carbocycles. The van der Waals surface area contributed by atoms with Crippen molar-refractivity contribution in [2.45, 2.75) is 26.2 Å². The Morgan fingerprint density at radius 3 is 2.07 bits per heavy atom. The van der Waals surface area contributed by atoms with Gasteiger partial charge in [-0.05, 0) is 32.0 Å². The van der Waals surface area contributed by atoms with Gasteiger partial charge in [-0.15, -0.1) is 0 Å². The van der Waals surface area contributed by atoms with E-state index < -0.39 is 40.8 Å². The minimum absolute atomic E-state index is 0.0194. The van der Waals surface area contributed by atoms with Crippen LogP contribution in [0.2, 0.25) is 0 Å². The first kappa shape index (κ1) is 20.3. The zero-order valence-electron chi connectivity index (χ0n) is 13.7. The standard InChI is InChI=1S/C15H11F6N3O3/c1-6(11-7(2)27-24-12(11)13(25)26)22-23-10-4-8(14(16,17)18)3-9(5-10)15(19,20)21/h3-5,23H,1-2H3,(H,25,26)/b22-6-. The van der Waals surface area contributed by atoms with E-state index in [1.165, 1.54) is 13.8 Å². The molecule has 6 nitrogen and oxygen atoms in total. The number of aryl methyl sites for hydroxylation is 1. The second-order valence-electron chi connectivity index (χ2n) is 5.37. The molecule has 0 spiro atoms. The molecule has 0 aliphatic carbocycles. The van der Waals surface area contributed by atoms with Crippen LogP contribution in [0.5, 0.6) is 0 Å². The molecule has 0 amide bonds. The van der Waals surface area contributed by atoms with Crippen LogP contribution in [0, 0.1) is 6.92 Å². The molecule has 12 heteroatoms. The number of rotatable bonds is 4. The number of benzene rings is 1. The molecule has 0 unspecified atom stereocenters. The van der Waals surface area contributed by atoms with Crippen LogP contribution < -0.4 is 5.43 Å². The van der Waals surface area contributed by atoms with Crippen molar-refractivity contribution in [1.29, 1.82) is 0 Å². The van der Waals surface area contributed by atoms with Gasteiger partial charge in [0.2, 0.25) is 5.69 Å². The van der Waals surface area contributed by atoms with Crippen LogP contribution in [-0.2, 0) is 12.4 Å². The number of carboxylic acids is 1. The van der Waals surface area contributed by atoms with E-state index in [1.807, 2.05) is 0 Å². The van der Waals surface area contributed by atoms with Gasteiger partial charge in [0.25, 0.3) is 0 Å². The molecule has 0 saturated carbocycles. The number of nitrogens with one attached hydrogen (secondary N) is 1. The smallest absolute Gasteiger partial charge is 0.416 e. The molecule has 1 aromatic heterocycles. The lowest BCUT2D eigenvalue weighted by molar-refractivity contribution is -0.143. The van der Waals surface area contributed by atoms with Crippen LogP contribution in [-0.4, -0.2) is 21.9 Å². The second-order valence-corrected chi connectivity index (χ2v) is 5.37. The molecule has 2 rings (SSSR count). The summed E-state index contributed by atoms with van der Waals surface area (Å²) in [5.74, 6) is -1.37. The Balaban J connectivity index is 2.44. The summed E-state index contributed by atoms with van der Waals surface area (Å²) in [6, 6.07) is 0.879. The van der Waals surface area contributed by atoms with Crippen molar-refractivity contribution >= 4 is 17.4 Å². The number of nitrogens with zero attached hydrogens (tertiary/aromatic N) is 2. The molecule has 2 aromatic rings. The predicted molar refractivity (Wildman–Crippen MR) is 80.5 cm³/mol. The summed E-state index contributed by atoms with van der Waals surface area (Å²) in [6.07, 6.45) is -10.0. The third-order valence-electron chi connectivity index (χ3n) is 3.37. The number of hydrazone groups is 1. The van der Waals surface area contributed by atoms with Crippen molar-refractivity contribution in [1.82, 2.24) is 5.16 Å². The Morgan fingerprint density at radius 1 is 1.11 bits per heavy atom. The highest BCUT2D eigenvalue weighted by molar-refractivity contribution is 6.07. The summed E-state index contributed by atoms with van der Waals surface area (Å²) in [5, 5.41) is 16.0. The van der Waals surface area contributed by atoms with Gasteiger partial charge in [0.05, 0.1) is 28.1 Å². The molecular formula is C15H11F6N3O3. The van der Waals surface area contributed by atoms with Gasteiger partial charge in [0.1, 0.15) is 5.76 Å². The van der Waals surface area contributed by atoms with Gasteiger partial charge in [-0.2, -0.15) is 31.4 Å². The summed E-state index contributed by atoms with van der Waals surface area (Å²) in [5.41, 5.74) is -2.12. The van der Waals surface area contributed by atoms with E-state index >= 15 is 0 Å². The highest BCUT2D eigenvalue weighted by atomic mass is 19.4. The van der Waals surface area contributed by atoms with E-state index in [0.29, 0.717) is 12.1 Å². The van der Waals surface area contributed by atoms with E-state index in [0.717, 1.165) is 0 Å². The maximum atomic E-state index is 12.8. The zero-order chi connectivity index (χ0) is 20.6. The number of halogens is 6. The van der Waals surface area contributed by atoms with Gasteiger partial charge < -0.3 is 9.63 Å². The number of aromatic carboxylic acids is 1. The monoisotopic (exact) mass is 395 g/mol. The summed E-state index contributed by atoms with van der Waals surface area (Å²) < 4.78 is 81.7. The van der Waals surface area contributed by atoms with Crippen molar-refractivity contribution in [3.05, 3.63) is 46.3 Å². The molecule has 0 saturated heterocycles. The fraction of sp³-hybridized carbons (Fsp3) is 0.267. The highest BCUT2D eigenvalue weighted by Gasteiger charge is 2.37. The molecule has 0 fully saturated rings. The molecule has 146 valence electrons. The summed E-state index contributed by atoms with van der Waals surface area (Å²) in [6.45, 7) is 2.66. The Bertz CT molecular complexity index is 867. The van der Waals surface area contributed by atoms with Crippen LogP contribution in [0.3, 0.4) is 0 Å². The van der Waals surface area contributed by atoms with Crippen molar-refractivity contribution < 1.29 is 40.8 Å². The number of hydrogen-bond acceptors (Lipinski definition) is 5. The largest absolute Gasteiger partial charge is 0.476 e. The van der Waals surface area contributed by atoms with Gasteiger partial charge >= 0.3 is 18.3 Å². The molecule has 0 aliphatic heterocycles. The Labute approximate surface area is 147 Å². The summed E-state index contributed by atoms with van der Waals surface area (Å²) in [4.78, 5) is 11.1. The molecular weight excluding hydrogens is 384 g/mol. The number of aromatic nitrogens is 1. The maximum absolute atomic E-state index is 12.8. The fourth-order valence-corrected chi connectivity index (χ4v) is 2.17. The minimum Gasteiger partial charge on any atom is -0.476 e. The van der Waals surface area contributed by atoms with Crippen molar-refractivity contribution in [2.75, 3.05) is 5.43 Å². The van der Waals surface area contributed by atoms with Gasteiger partial charge in [-0.1, -0.05) is 5.16 Å². The van der Waals surface area contributed by atoms with Gasteiger partial charge in [-0.25, -0.2) is 4.79 Å². The first-order valence-corrected chi connectivity index (χ1v) is 7.10. The molecule has 0 bridgehead atoms. The quantitative estimate of drug-likeness (QED) is 0.450. The third-order valence-corrected chi connectivity index (χ3v) is 3.37. The SMILES string of the molecule is C/C(=N/Nc1cc(C(F)(F)F)cc(C(F)(F)F)c1)c1c(C(=O)O)noc1C. The van der Waals surface area contributed by atoms with E-state index in [9.17, 15) is 31.1 Å². The fourth-order valence-electron chi connectivity index (χ4n) is 2.17. The second kappa shape index (κ2) is 6.93. The Hall–Kier alpha value is -3.05. The number of alkyl halides is 6. The van der Waals surface area contributed by atoms with Crippen LogP contribution in [0.4, 0.5) is 32.0 Å². The lowest BCUT2D eigenvalue weighted by atomic mass is 10.1. The average Bonchev–Trinajstić information content (AvgIpc) is 2.92. The van der Waals surface area contributed by atoms with Crippen molar-refractivity contribution in [3.8, 4) is 0 Å². The third kappa shape index (κ3) is 4.57. The molecule has 0 radical (unpaired) electrons. The number of anilines is 1. The Morgan fingerprint density at radius 2 is 1.63 bits per heavy atom. The van der Waals surface area contributed by atoms with Gasteiger partial charge in [0.15, 0.2) is 0 Å². The van der Waals surface area contributed by atoms with Crippen LogP contribution in [0.15, 0.2) is 27.8 Å². The number of hydrogen-bond donors (Lipinski definition) is 2. The first-order valence-electron chi connectivity index (χ1n) is 7.10. The predicted octanol–water partition coefficient (Wildman–Crippen LogP) is 4.55. The van der Waals surface area contributed by atoms with Crippen LogP contribution >= 0.6 is 0 Å². The molecule has 2 N–H and O–H groups in total. The molecule has 27 heavy (non-hydrogen) atoms. The average molecular weight is 395 g/mol. The topological polar surface area (TPSA) is 87.7 Å². The van der Waals surface area contributed by atoms with E-state index in [1.54, 1.807) is 0 Å². The Kier molecular flexibility index (Phi) is 5.20. The van der Waals surface area contributed by atoms with Gasteiger partial charge in [0, 0.05) is 0 Å². The lowest BCUT2D eigenvalue weighted by Crippen LogP contribution is -2.12. The van der Waals surface area contributed by atoms with Crippen LogP contribution in [0.1, 0.15) is 39.9 Å². The molecule has 0 aliphatic rings. The van der Waals surface area contributed by atoms with Crippen molar-refractivity contribution in [2.24, 2.45) is 5.10 Å². The highest BCUT2D eigenvalue weighted by Crippen LogP contribution is 2.37. The number of carboxylic acid groups (broad SMARTS) is 1. The van der Waals surface area contributed by atoms with Crippen molar-refractivity contribution in [3.63, 3.8) is 0 Å². The van der Waals surface area contributed by atoms with Gasteiger partial charge in [-0.3, -0.25) is 5.43 Å². The van der Waals surface area contributed by atoms with Crippen LogP contribution in [0.25, 0.3) is 0 Å². The summed E-state index contributed by atoms with van der Waals surface area (Å²) in [7, 11) is 0. The zero-order valence-corrected chi connectivity index (χ0v) is 13.7. The normalized spacial score (nSPS) is 13.0. The number of carbonyl (C=O) groups is 1. The molecule has 0 atom stereocenters. The maximum Gasteiger partial charge on any atom is 0.416 e. The minimum atomic E-state index is -5.00. The van der Waals surface area contributed by atoms with E-state index in [4.69, 9.17) is 9.63 Å². The lowest BCUT2D eigenvalue weighted by Gasteiger charge is -2.14. The van der Waals surface area contributed by atoms with E-state index in [-0.39, 0.29) is 23.1 Å². The summed E-state index contributed by atoms with van der Waals surface area (Å²) >= 11 is 0. The van der Waals surface area contributed by atoms with E-state index in [2.05, 4.69) is 15.7 Å². The molecule has 1 heterocycles.